The van der Waals surface area contributed by atoms with E-state index in [0.29, 0.717) is 0 Å². The SMILES string of the molecule is O=CN1CCN(OP(=O)(OCC(F)(F)C(F)(F)C(F)(F)C(F)(F)C(F)(F)C(F)F)OCC(F)(F)C(F)(F)C(F)(F)C(F)(F)C(F)(F)C(F)F)CC1. The van der Waals surface area contributed by atoms with E-state index in [0.717, 1.165) is 4.90 Å². The van der Waals surface area contributed by atoms with Gasteiger partial charge in [-0.25, -0.2) is 22.1 Å². The van der Waals surface area contributed by atoms with Gasteiger partial charge in [-0.15, -0.1) is 0 Å². The van der Waals surface area contributed by atoms with Crippen molar-refractivity contribution >= 4 is 14.2 Å². The molecule has 0 spiro atoms. The van der Waals surface area contributed by atoms with Gasteiger partial charge >= 0.3 is 79.9 Å². The summed E-state index contributed by atoms with van der Waals surface area (Å²) in [5.41, 5.74) is 0. The molecule has 7 nitrogen and oxygen atoms in total. The van der Waals surface area contributed by atoms with Crippen molar-refractivity contribution in [3.05, 3.63) is 0 Å². The highest BCUT2D eigenvalue weighted by molar-refractivity contribution is 7.48. The van der Waals surface area contributed by atoms with Gasteiger partial charge in [0, 0.05) is 26.2 Å². The number of piperazine rings is 1. The molecule has 0 atom stereocenters. The van der Waals surface area contributed by atoms with Gasteiger partial charge in [0.2, 0.25) is 6.41 Å². The molecular formula is C19H15F24N2O5P. The summed E-state index contributed by atoms with van der Waals surface area (Å²) < 4.78 is 345. The Hall–Kier alpha value is -2.14. The Labute approximate surface area is 265 Å². The van der Waals surface area contributed by atoms with Crippen LogP contribution < -0.4 is 0 Å². The van der Waals surface area contributed by atoms with Gasteiger partial charge in [-0.3, -0.25) is 13.8 Å². The fourth-order valence-corrected chi connectivity index (χ4v) is 4.42. The van der Waals surface area contributed by atoms with Crippen LogP contribution in [0.3, 0.4) is 0 Å². The first-order valence-electron chi connectivity index (χ1n) is 12.2. The summed E-state index contributed by atoms with van der Waals surface area (Å²) in [6.45, 7) is -11.4. The van der Waals surface area contributed by atoms with E-state index in [1.165, 1.54) is 0 Å². The van der Waals surface area contributed by atoms with E-state index in [4.69, 9.17) is 0 Å². The number of carbonyl (C=O) groups excluding carboxylic acids is 1. The Morgan fingerprint density at radius 1 is 0.510 bits per heavy atom. The summed E-state index contributed by atoms with van der Waals surface area (Å²) in [5, 5.41) is -0.106. The molecule has 32 heteroatoms. The molecule has 0 bridgehead atoms. The smallest absolute Gasteiger partial charge is 0.343 e. The van der Waals surface area contributed by atoms with E-state index < -0.39 is 119 Å². The van der Waals surface area contributed by atoms with Gasteiger partial charge in [-0.1, -0.05) is 0 Å². The molecule has 1 saturated heterocycles. The molecule has 0 radical (unpaired) electrons. The van der Waals surface area contributed by atoms with Crippen molar-refractivity contribution in [2.75, 3.05) is 39.4 Å². The van der Waals surface area contributed by atoms with E-state index in [1.54, 1.807) is 0 Å². The van der Waals surface area contributed by atoms with Crippen molar-refractivity contribution in [2.24, 2.45) is 0 Å². The lowest BCUT2D eigenvalue weighted by Crippen LogP contribution is -2.69. The first kappa shape index (κ1) is 46.9. The van der Waals surface area contributed by atoms with Crippen LogP contribution in [0.15, 0.2) is 0 Å². The topological polar surface area (TPSA) is 68.3 Å². The second kappa shape index (κ2) is 14.3. The van der Waals surface area contributed by atoms with Gasteiger partial charge in [-0.2, -0.15) is 97.5 Å². The minimum atomic E-state index is -8.28. The van der Waals surface area contributed by atoms with Gasteiger partial charge in [0.25, 0.3) is 0 Å². The molecule has 1 aliphatic rings. The molecule has 51 heavy (non-hydrogen) atoms. The van der Waals surface area contributed by atoms with Crippen molar-refractivity contribution < 1.29 is 128 Å². The van der Waals surface area contributed by atoms with Crippen molar-refractivity contribution in [2.45, 2.75) is 72.1 Å². The Bertz CT molecular complexity index is 1180. The molecule has 0 unspecified atom stereocenters. The van der Waals surface area contributed by atoms with E-state index >= 15 is 0 Å². The Balaban J connectivity index is 3.57. The molecule has 1 heterocycles. The lowest BCUT2D eigenvalue weighted by molar-refractivity contribution is -0.415. The molecule has 0 aliphatic carbocycles. The molecule has 0 aromatic rings. The Kier molecular flexibility index (Phi) is 13.1. The maximum Gasteiger partial charge on any atom is 0.492 e. The number of amides is 1. The minimum Gasteiger partial charge on any atom is -0.343 e. The van der Waals surface area contributed by atoms with Crippen molar-refractivity contribution in [3.63, 3.8) is 0 Å². The first-order valence-corrected chi connectivity index (χ1v) is 13.6. The Morgan fingerprint density at radius 3 is 1.06 bits per heavy atom. The molecule has 0 aromatic heterocycles. The zero-order valence-electron chi connectivity index (χ0n) is 23.4. The zero-order valence-corrected chi connectivity index (χ0v) is 24.3. The van der Waals surface area contributed by atoms with Crippen LogP contribution in [0.5, 0.6) is 0 Å². The minimum absolute atomic E-state index is 0.0240. The summed E-state index contributed by atoms with van der Waals surface area (Å²) in [7, 11) is -7.14. The molecular weight excluding hydrogens is 823 g/mol. The second-order valence-electron chi connectivity index (χ2n) is 9.85. The third-order valence-electron chi connectivity index (χ3n) is 6.33. The van der Waals surface area contributed by atoms with E-state index in [2.05, 4.69) is 13.7 Å². The van der Waals surface area contributed by atoms with E-state index in [-0.39, 0.29) is 11.5 Å². The number of phosphoric acid groups is 1. The number of nitrogens with zero attached hydrogens (tertiary/aromatic N) is 2. The molecule has 1 rings (SSSR count). The van der Waals surface area contributed by atoms with E-state index in [1.807, 2.05) is 0 Å². The number of carbonyl (C=O) groups is 1. The Morgan fingerprint density at radius 2 is 0.804 bits per heavy atom. The van der Waals surface area contributed by atoms with Gasteiger partial charge in [0.15, 0.2) is 0 Å². The predicted octanol–water partition coefficient (Wildman–Crippen LogP) is 7.72. The number of halogens is 24. The lowest BCUT2D eigenvalue weighted by atomic mass is 9.95. The molecule has 1 amide bonds. The molecule has 1 fully saturated rings. The average Bonchev–Trinajstić information content (AvgIpc) is 2.98. The van der Waals surface area contributed by atoms with Crippen LogP contribution in [-0.4, -0.2) is 128 Å². The van der Waals surface area contributed by atoms with Crippen LogP contribution in [0.2, 0.25) is 0 Å². The highest BCUT2D eigenvalue weighted by atomic mass is 31.2. The predicted molar refractivity (Wildman–Crippen MR) is 111 cm³/mol. The number of hydrogen-bond acceptors (Lipinski definition) is 6. The first-order chi connectivity index (χ1) is 22.3. The van der Waals surface area contributed by atoms with Crippen LogP contribution in [-0.2, 0) is 23.0 Å². The van der Waals surface area contributed by atoms with Gasteiger partial charge in [0.1, 0.15) is 13.2 Å². The maximum atomic E-state index is 14.2. The summed E-state index contributed by atoms with van der Waals surface area (Å²) >= 11 is 0. The van der Waals surface area contributed by atoms with Crippen molar-refractivity contribution in [1.29, 1.82) is 0 Å². The number of hydroxylamine groups is 2. The number of hydrogen-bond donors (Lipinski definition) is 0. The lowest BCUT2D eigenvalue weighted by Gasteiger charge is -2.40. The van der Waals surface area contributed by atoms with Crippen LogP contribution >= 0.6 is 7.82 Å². The second-order valence-corrected chi connectivity index (χ2v) is 11.4. The van der Waals surface area contributed by atoms with E-state index in [9.17, 15) is 115 Å². The monoisotopic (exact) mass is 838 g/mol. The van der Waals surface area contributed by atoms with Crippen molar-refractivity contribution in [3.8, 4) is 0 Å². The van der Waals surface area contributed by atoms with Crippen LogP contribution in [0, 0.1) is 0 Å². The van der Waals surface area contributed by atoms with Gasteiger partial charge < -0.3 is 4.90 Å². The zero-order chi connectivity index (χ0) is 40.9. The number of phosphoric ester groups is 1. The summed E-state index contributed by atoms with van der Waals surface area (Å²) in [6, 6.07) is 0. The maximum absolute atomic E-state index is 14.2. The highest BCUT2D eigenvalue weighted by Gasteiger charge is 2.89. The summed E-state index contributed by atoms with van der Waals surface area (Å²) in [6.07, 6.45) is -11.9. The quantitative estimate of drug-likeness (QED) is 0.0755. The fourth-order valence-electron chi connectivity index (χ4n) is 3.16. The standard InChI is InChI=1S/C19H15F24N2O5P/c20-8(21)12(28,29)16(36,37)18(40,41)14(32,33)10(24,25)5-48-51(47,50-45-3-1-44(7-46)2-4-45)49-6-11(26,27)15(34,35)19(42,43)17(38,39)13(30,31)9(22)23/h7-9H,1-6H2. The number of alkyl halides is 24. The molecule has 1 aliphatic heterocycles. The molecule has 0 aromatic carbocycles. The highest BCUT2D eigenvalue weighted by Crippen LogP contribution is 2.62. The number of rotatable bonds is 19. The normalized spacial score (nSPS) is 17.9. The largest absolute Gasteiger partial charge is 0.492 e. The molecule has 304 valence electrons. The van der Waals surface area contributed by atoms with Crippen molar-refractivity contribution in [1.82, 2.24) is 9.96 Å². The third kappa shape index (κ3) is 7.90. The summed E-state index contributed by atoms with van der Waals surface area (Å²) in [4.78, 5) is 11.4. The summed E-state index contributed by atoms with van der Waals surface area (Å²) in [5.74, 6) is -78.5. The third-order valence-corrected chi connectivity index (χ3v) is 7.65. The molecule has 0 saturated carbocycles. The fraction of sp³-hybridized carbons (Fsp3) is 0.947. The van der Waals surface area contributed by atoms with Crippen LogP contribution in [0.4, 0.5) is 105 Å². The van der Waals surface area contributed by atoms with Crippen LogP contribution in [0.25, 0.3) is 0 Å². The van der Waals surface area contributed by atoms with Gasteiger partial charge in [-0.05, 0) is 0 Å². The average molecular weight is 838 g/mol. The van der Waals surface area contributed by atoms with Crippen LogP contribution in [0.1, 0.15) is 0 Å². The van der Waals surface area contributed by atoms with Gasteiger partial charge in [0.05, 0.1) is 0 Å². The molecule has 0 N–H and O–H groups in total.